The van der Waals surface area contributed by atoms with Gasteiger partial charge >= 0.3 is 0 Å². The fourth-order valence-corrected chi connectivity index (χ4v) is 1.56. The fraction of sp³-hybridized carbons (Fsp3) is 0.600. The highest BCUT2D eigenvalue weighted by molar-refractivity contribution is 6.33. The molecule has 1 aromatic heterocycles. The molecule has 0 bridgehead atoms. The zero-order chi connectivity index (χ0) is 11.4. The van der Waals surface area contributed by atoms with Crippen LogP contribution in [0.2, 0.25) is 5.02 Å². The van der Waals surface area contributed by atoms with Gasteiger partial charge in [-0.15, -0.1) is 0 Å². The molecule has 4 nitrogen and oxygen atoms in total. The number of hydrogen-bond acceptors (Lipinski definition) is 3. The Morgan fingerprint density at radius 1 is 1.73 bits per heavy atom. The quantitative estimate of drug-likeness (QED) is 0.783. The molecular formula is C10H16ClN3O. The van der Waals surface area contributed by atoms with Gasteiger partial charge in [-0.05, 0) is 6.42 Å². The Balaban J connectivity index is 3.00. The first-order valence-corrected chi connectivity index (χ1v) is 5.45. The zero-order valence-corrected chi connectivity index (χ0v) is 9.79. The standard InChI is InChI=1S/C10H16ClN3O/c1-3-4-14-9(8(11)6-13-14)10(15)7(2)5-12/h6-7H,3-5,12H2,1-2H3. The topological polar surface area (TPSA) is 60.9 Å². The third-order valence-corrected chi connectivity index (χ3v) is 2.54. The Labute approximate surface area is 94.4 Å². The molecule has 0 aliphatic carbocycles. The maximum atomic E-state index is 11.9. The monoisotopic (exact) mass is 229 g/mol. The minimum atomic E-state index is -0.213. The summed E-state index contributed by atoms with van der Waals surface area (Å²) >= 11 is 5.93. The highest BCUT2D eigenvalue weighted by Gasteiger charge is 2.21. The molecule has 0 fully saturated rings. The molecule has 0 aromatic carbocycles. The van der Waals surface area contributed by atoms with Gasteiger partial charge in [0.2, 0.25) is 0 Å². The lowest BCUT2D eigenvalue weighted by molar-refractivity contribution is 0.0923. The van der Waals surface area contributed by atoms with Crippen molar-refractivity contribution < 1.29 is 4.79 Å². The van der Waals surface area contributed by atoms with Crippen LogP contribution in [0.15, 0.2) is 6.20 Å². The summed E-state index contributed by atoms with van der Waals surface area (Å²) in [5, 5.41) is 4.48. The Bertz CT molecular complexity index is 348. The molecule has 2 N–H and O–H groups in total. The molecule has 5 heteroatoms. The van der Waals surface area contributed by atoms with Gasteiger partial charge in [-0.3, -0.25) is 9.48 Å². The fourth-order valence-electron chi connectivity index (χ4n) is 1.33. The first-order valence-electron chi connectivity index (χ1n) is 5.07. The van der Waals surface area contributed by atoms with Gasteiger partial charge in [-0.25, -0.2) is 0 Å². The number of Topliss-reactive ketones (excluding diaryl/α,β-unsaturated/α-hetero) is 1. The number of ketones is 1. The molecular weight excluding hydrogens is 214 g/mol. The maximum absolute atomic E-state index is 11.9. The molecule has 0 saturated carbocycles. The molecule has 1 unspecified atom stereocenters. The first kappa shape index (κ1) is 12.2. The van der Waals surface area contributed by atoms with Crippen molar-refractivity contribution in [2.75, 3.05) is 6.54 Å². The van der Waals surface area contributed by atoms with Crippen LogP contribution < -0.4 is 5.73 Å². The van der Waals surface area contributed by atoms with Crippen molar-refractivity contribution in [3.8, 4) is 0 Å². The van der Waals surface area contributed by atoms with Gasteiger partial charge in [-0.1, -0.05) is 25.4 Å². The number of aromatic nitrogens is 2. The lowest BCUT2D eigenvalue weighted by atomic mass is 10.0. The van der Waals surface area contributed by atoms with E-state index in [9.17, 15) is 4.79 Å². The van der Waals surface area contributed by atoms with E-state index < -0.39 is 0 Å². The molecule has 0 aliphatic heterocycles. The van der Waals surface area contributed by atoms with Crippen LogP contribution in [0.25, 0.3) is 0 Å². The number of carbonyl (C=O) groups is 1. The van der Waals surface area contributed by atoms with E-state index in [2.05, 4.69) is 5.10 Å². The Hall–Kier alpha value is -0.870. The summed E-state index contributed by atoms with van der Waals surface area (Å²) in [6, 6.07) is 0. The van der Waals surface area contributed by atoms with Crippen molar-refractivity contribution in [3.63, 3.8) is 0 Å². The summed E-state index contributed by atoms with van der Waals surface area (Å²) in [5.41, 5.74) is 5.94. The molecule has 15 heavy (non-hydrogen) atoms. The summed E-state index contributed by atoms with van der Waals surface area (Å²) in [4.78, 5) is 11.9. The van der Waals surface area contributed by atoms with Crippen molar-refractivity contribution in [1.82, 2.24) is 9.78 Å². The summed E-state index contributed by atoms with van der Waals surface area (Å²) in [6.07, 6.45) is 2.42. The molecule has 84 valence electrons. The Kier molecular flexibility index (Phi) is 4.29. The molecule has 0 aliphatic rings. The van der Waals surface area contributed by atoms with E-state index in [4.69, 9.17) is 17.3 Å². The van der Waals surface area contributed by atoms with Crippen molar-refractivity contribution in [2.45, 2.75) is 26.8 Å². The van der Waals surface area contributed by atoms with Crippen LogP contribution >= 0.6 is 11.6 Å². The third kappa shape index (κ3) is 2.58. The van der Waals surface area contributed by atoms with Gasteiger partial charge in [0.1, 0.15) is 5.69 Å². The predicted molar refractivity (Wildman–Crippen MR) is 60.1 cm³/mol. The molecule has 1 rings (SSSR count). The van der Waals surface area contributed by atoms with E-state index in [1.807, 2.05) is 6.92 Å². The van der Waals surface area contributed by atoms with Gasteiger partial charge in [-0.2, -0.15) is 5.10 Å². The summed E-state index contributed by atoms with van der Waals surface area (Å²) < 4.78 is 1.65. The second-order valence-electron chi connectivity index (χ2n) is 3.57. The number of rotatable bonds is 5. The number of aryl methyl sites for hydroxylation is 1. The van der Waals surface area contributed by atoms with Crippen LogP contribution in [-0.4, -0.2) is 22.1 Å². The van der Waals surface area contributed by atoms with E-state index in [1.54, 1.807) is 11.6 Å². The summed E-state index contributed by atoms with van der Waals surface area (Å²) in [5.74, 6) is -0.247. The number of halogens is 1. The van der Waals surface area contributed by atoms with E-state index in [0.717, 1.165) is 6.42 Å². The first-order chi connectivity index (χ1) is 7.11. The summed E-state index contributed by atoms with van der Waals surface area (Å²) in [7, 11) is 0. The smallest absolute Gasteiger partial charge is 0.186 e. The van der Waals surface area contributed by atoms with Crippen LogP contribution in [0.4, 0.5) is 0 Å². The predicted octanol–water partition coefficient (Wildman–Crippen LogP) is 1.72. The van der Waals surface area contributed by atoms with Gasteiger partial charge in [0.05, 0.1) is 11.2 Å². The Morgan fingerprint density at radius 2 is 2.40 bits per heavy atom. The van der Waals surface area contributed by atoms with Crippen LogP contribution in [0.3, 0.4) is 0 Å². The van der Waals surface area contributed by atoms with Crippen LogP contribution in [0.1, 0.15) is 30.8 Å². The molecule has 0 radical (unpaired) electrons. The molecule has 1 heterocycles. The number of nitrogens with two attached hydrogens (primary N) is 1. The van der Waals surface area contributed by atoms with E-state index in [1.165, 1.54) is 6.20 Å². The average Bonchev–Trinajstić information content (AvgIpc) is 2.58. The largest absolute Gasteiger partial charge is 0.330 e. The molecule has 1 atom stereocenters. The molecule has 0 amide bonds. The second-order valence-corrected chi connectivity index (χ2v) is 3.97. The average molecular weight is 230 g/mol. The van der Waals surface area contributed by atoms with Crippen molar-refractivity contribution >= 4 is 17.4 Å². The molecule has 0 saturated heterocycles. The molecule has 1 aromatic rings. The van der Waals surface area contributed by atoms with E-state index in [-0.39, 0.29) is 11.7 Å². The van der Waals surface area contributed by atoms with Gasteiger partial charge in [0.15, 0.2) is 5.78 Å². The normalized spacial score (nSPS) is 12.8. The maximum Gasteiger partial charge on any atom is 0.186 e. The third-order valence-electron chi connectivity index (χ3n) is 2.26. The second kappa shape index (κ2) is 5.28. The van der Waals surface area contributed by atoms with E-state index in [0.29, 0.717) is 23.8 Å². The SMILES string of the molecule is CCCn1ncc(Cl)c1C(=O)C(C)CN. The van der Waals surface area contributed by atoms with Crippen LogP contribution in [0, 0.1) is 5.92 Å². The van der Waals surface area contributed by atoms with Crippen molar-refractivity contribution in [1.29, 1.82) is 0 Å². The lowest BCUT2D eigenvalue weighted by Crippen LogP contribution is -2.23. The molecule has 0 spiro atoms. The van der Waals surface area contributed by atoms with Gasteiger partial charge < -0.3 is 5.73 Å². The van der Waals surface area contributed by atoms with Gasteiger partial charge in [0, 0.05) is 19.0 Å². The number of carbonyl (C=O) groups excluding carboxylic acids is 1. The highest BCUT2D eigenvalue weighted by Crippen LogP contribution is 2.19. The minimum Gasteiger partial charge on any atom is -0.330 e. The summed E-state index contributed by atoms with van der Waals surface area (Å²) in [6.45, 7) is 4.84. The number of hydrogen-bond donors (Lipinski definition) is 1. The van der Waals surface area contributed by atoms with E-state index >= 15 is 0 Å². The van der Waals surface area contributed by atoms with Crippen molar-refractivity contribution in [2.24, 2.45) is 11.7 Å². The lowest BCUT2D eigenvalue weighted by Gasteiger charge is -2.09. The Morgan fingerprint density at radius 3 is 2.93 bits per heavy atom. The number of nitrogens with zero attached hydrogens (tertiary/aromatic N) is 2. The van der Waals surface area contributed by atoms with Crippen LogP contribution in [-0.2, 0) is 6.54 Å². The van der Waals surface area contributed by atoms with Crippen molar-refractivity contribution in [3.05, 3.63) is 16.9 Å². The van der Waals surface area contributed by atoms with Crippen LogP contribution in [0.5, 0.6) is 0 Å². The van der Waals surface area contributed by atoms with Gasteiger partial charge in [0.25, 0.3) is 0 Å². The zero-order valence-electron chi connectivity index (χ0n) is 9.03. The highest BCUT2D eigenvalue weighted by atomic mass is 35.5. The minimum absolute atomic E-state index is 0.0338.